The molecule has 1 unspecified atom stereocenters. The lowest BCUT2D eigenvalue weighted by molar-refractivity contribution is 0.327. The lowest BCUT2D eigenvalue weighted by atomic mass is 9.84. The molecule has 0 aromatic carbocycles. The fraction of sp³-hybridized carbons (Fsp3) is 0.500. The summed E-state index contributed by atoms with van der Waals surface area (Å²) in [4.78, 5) is 0.731. The van der Waals surface area contributed by atoms with Crippen LogP contribution in [-0.4, -0.2) is 0 Å². The van der Waals surface area contributed by atoms with Crippen LogP contribution in [0.3, 0.4) is 0 Å². The van der Waals surface area contributed by atoms with Crippen LogP contribution in [0, 0.1) is 16.7 Å². The highest BCUT2D eigenvalue weighted by molar-refractivity contribution is 7.10. The van der Waals surface area contributed by atoms with E-state index in [1.807, 2.05) is 11.4 Å². The minimum atomic E-state index is 0.00542. The van der Waals surface area contributed by atoms with E-state index in [1.54, 1.807) is 0 Å². The van der Waals surface area contributed by atoms with E-state index in [9.17, 15) is 0 Å². The molecule has 70 valence electrons. The maximum Gasteiger partial charge on any atom is 0.110 e. The van der Waals surface area contributed by atoms with Gasteiger partial charge in [-0.1, -0.05) is 20.8 Å². The van der Waals surface area contributed by atoms with Crippen molar-refractivity contribution < 1.29 is 0 Å². The lowest BCUT2D eigenvalue weighted by Crippen LogP contribution is -2.25. The second-order valence-electron chi connectivity index (χ2n) is 4.20. The molecule has 1 aromatic rings. The van der Waals surface area contributed by atoms with Crippen molar-refractivity contribution in [2.75, 3.05) is 0 Å². The summed E-state index contributed by atoms with van der Waals surface area (Å²) in [6, 6.07) is 4.00. The van der Waals surface area contributed by atoms with Gasteiger partial charge in [-0.3, -0.25) is 0 Å². The van der Waals surface area contributed by atoms with Crippen LogP contribution >= 0.6 is 11.3 Å². The Hall–Kier alpha value is -0.850. The van der Waals surface area contributed by atoms with E-state index in [0.29, 0.717) is 0 Å². The Labute approximate surface area is 83.0 Å². The maximum atomic E-state index is 8.66. The molecule has 2 nitrogen and oxygen atoms in total. The van der Waals surface area contributed by atoms with Gasteiger partial charge in [0.05, 0.1) is 0 Å². The van der Waals surface area contributed by atoms with E-state index in [2.05, 4.69) is 26.8 Å². The van der Waals surface area contributed by atoms with E-state index in [4.69, 9.17) is 11.0 Å². The zero-order chi connectivity index (χ0) is 10.1. The van der Waals surface area contributed by atoms with Gasteiger partial charge in [-0.2, -0.15) is 5.26 Å². The molecule has 0 aliphatic carbocycles. The van der Waals surface area contributed by atoms with Crippen LogP contribution in [0.2, 0.25) is 0 Å². The van der Waals surface area contributed by atoms with Crippen molar-refractivity contribution in [3.05, 3.63) is 21.9 Å². The molecule has 0 fully saturated rings. The molecule has 1 rings (SSSR count). The highest BCUT2D eigenvalue weighted by Crippen LogP contribution is 2.32. The van der Waals surface area contributed by atoms with Gasteiger partial charge in [-0.25, -0.2) is 0 Å². The van der Waals surface area contributed by atoms with Gasteiger partial charge in [-0.05, 0) is 22.4 Å². The average molecular weight is 194 g/mol. The van der Waals surface area contributed by atoms with Crippen LogP contribution in [0.5, 0.6) is 0 Å². The number of rotatable bonds is 1. The Morgan fingerprint density at radius 1 is 1.54 bits per heavy atom. The van der Waals surface area contributed by atoms with Crippen molar-refractivity contribution >= 4 is 11.3 Å². The van der Waals surface area contributed by atoms with Crippen molar-refractivity contribution in [3.8, 4) is 6.07 Å². The quantitative estimate of drug-likeness (QED) is 0.747. The van der Waals surface area contributed by atoms with Gasteiger partial charge in [0.2, 0.25) is 0 Å². The van der Waals surface area contributed by atoms with Gasteiger partial charge in [-0.15, -0.1) is 11.3 Å². The molecule has 0 aliphatic heterocycles. The Balaban J connectivity index is 2.91. The molecule has 0 radical (unpaired) electrons. The molecule has 0 amide bonds. The molecule has 0 bridgehead atoms. The predicted octanol–water partition coefficient (Wildman–Crippen LogP) is 2.67. The van der Waals surface area contributed by atoms with Crippen molar-refractivity contribution in [2.24, 2.45) is 11.1 Å². The highest BCUT2D eigenvalue weighted by atomic mass is 32.1. The summed E-state index contributed by atoms with van der Waals surface area (Å²) in [5, 5.41) is 10.6. The molecule has 2 N–H and O–H groups in total. The summed E-state index contributed by atoms with van der Waals surface area (Å²) in [6.45, 7) is 6.30. The molecule has 0 saturated heterocycles. The van der Waals surface area contributed by atoms with Gasteiger partial charge in [0.15, 0.2) is 0 Å². The molecule has 0 saturated carbocycles. The van der Waals surface area contributed by atoms with Gasteiger partial charge in [0.1, 0.15) is 10.9 Å². The molecule has 1 aromatic heterocycles. The minimum Gasteiger partial charge on any atom is -0.323 e. The van der Waals surface area contributed by atoms with Crippen molar-refractivity contribution in [3.63, 3.8) is 0 Å². The first-order valence-corrected chi connectivity index (χ1v) is 5.07. The molecule has 1 heterocycles. The molecule has 13 heavy (non-hydrogen) atoms. The zero-order valence-corrected chi connectivity index (χ0v) is 8.98. The number of hydrogen-bond acceptors (Lipinski definition) is 3. The van der Waals surface area contributed by atoms with E-state index in [1.165, 1.54) is 11.3 Å². The van der Waals surface area contributed by atoms with Crippen LogP contribution in [0.1, 0.15) is 37.3 Å². The largest absolute Gasteiger partial charge is 0.323 e. The van der Waals surface area contributed by atoms with Gasteiger partial charge in [0, 0.05) is 6.04 Å². The number of nitrogens with zero attached hydrogens (tertiary/aromatic N) is 1. The SMILES string of the molecule is CC(C)(C)C(N)c1csc(C#N)c1. The van der Waals surface area contributed by atoms with E-state index in [0.717, 1.165) is 10.4 Å². The minimum absolute atomic E-state index is 0.00542. The predicted molar refractivity (Wildman–Crippen MR) is 55.4 cm³/mol. The normalized spacial score (nSPS) is 13.8. The van der Waals surface area contributed by atoms with Crippen molar-refractivity contribution in [1.29, 1.82) is 5.26 Å². The standard InChI is InChI=1S/C10H14N2S/c1-10(2,3)9(12)7-4-8(5-11)13-6-7/h4,6,9H,12H2,1-3H3. The highest BCUT2D eigenvalue weighted by Gasteiger charge is 2.22. The number of thiophene rings is 1. The van der Waals surface area contributed by atoms with Crippen LogP contribution in [-0.2, 0) is 0 Å². The Kier molecular flexibility index (Phi) is 2.74. The summed E-state index contributed by atoms with van der Waals surface area (Å²) in [5.74, 6) is 0. The fourth-order valence-electron chi connectivity index (χ4n) is 1.07. The Morgan fingerprint density at radius 3 is 2.54 bits per heavy atom. The molecular weight excluding hydrogens is 180 g/mol. The van der Waals surface area contributed by atoms with Crippen molar-refractivity contribution in [2.45, 2.75) is 26.8 Å². The second kappa shape index (κ2) is 3.49. The third-order valence-electron chi connectivity index (χ3n) is 2.02. The molecule has 3 heteroatoms. The van der Waals surface area contributed by atoms with Crippen LogP contribution < -0.4 is 5.73 Å². The van der Waals surface area contributed by atoms with E-state index >= 15 is 0 Å². The average Bonchev–Trinajstić information content (AvgIpc) is 2.48. The van der Waals surface area contributed by atoms with Gasteiger partial charge in [0.25, 0.3) is 0 Å². The second-order valence-corrected chi connectivity index (χ2v) is 5.11. The van der Waals surface area contributed by atoms with E-state index in [-0.39, 0.29) is 11.5 Å². The third kappa shape index (κ3) is 2.30. The monoisotopic (exact) mass is 194 g/mol. The van der Waals surface area contributed by atoms with Crippen LogP contribution in [0.4, 0.5) is 0 Å². The number of nitriles is 1. The first-order valence-electron chi connectivity index (χ1n) is 4.19. The summed E-state index contributed by atoms with van der Waals surface area (Å²) in [5.41, 5.74) is 7.15. The molecular formula is C10H14N2S. The van der Waals surface area contributed by atoms with Crippen molar-refractivity contribution in [1.82, 2.24) is 0 Å². The molecule has 0 spiro atoms. The summed E-state index contributed by atoms with van der Waals surface area (Å²) in [7, 11) is 0. The third-order valence-corrected chi connectivity index (χ3v) is 2.88. The summed E-state index contributed by atoms with van der Waals surface area (Å²) < 4.78 is 0. The lowest BCUT2D eigenvalue weighted by Gasteiger charge is -2.26. The maximum absolute atomic E-state index is 8.66. The molecule has 0 aliphatic rings. The number of hydrogen-bond donors (Lipinski definition) is 1. The smallest absolute Gasteiger partial charge is 0.110 e. The number of nitrogens with two attached hydrogens (primary N) is 1. The van der Waals surface area contributed by atoms with E-state index < -0.39 is 0 Å². The Morgan fingerprint density at radius 2 is 2.15 bits per heavy atom. The summed E-state index contributed by atoms with van der Waals surface area (Å²) in [6.07, 6.45) is 0. The fourth-order valence-corrected chi connectivity index (χ4v) is 1.81. The summed E-state index contributed by atoms with van der Waals surface area (Å²) >= 11 is 1.45. The molecule has 1 atom stereocenters. The van der Waals surface area contributed by atoms with Crippen LogP contribution in [0.25, 0.3) is 0 Å². The Bertz CT molecular complexity index is 327. The topological polar surface area (TPSA) is 49.8 Å². The van der Waals surface area contributed by atoms with Gasteiger partial charge >= 0.3 is 0 Å². The zero-order valence-electron chi connectivity index (χ0n) is 8.16. The first kappa shape index (κ1) is 10.2. The van der Waals surface area contributed by atoms with Crippen LogP contribution in [0.15, 0.2) is 11.4 Å². The first-order chi connectivity index (χ1) is 5.95. The van der Waals surface area contributed by atoms with Gasteiger partial charge < -0.3 is 5.73 Å².